The van der Waals surface area contributed by atoms with Crippen molar-refractivity contribution in [2.45, 2.75) is 38.4 Å². The van der Waals surface area contributed by atoms with Crippen molar-refractivity contribution in [3.63, 3.8) is 0 Å². The molecule has 1 aliphatic heterocycles. The van der Waals surface area contributed by atoms with Gasteiger partial charge in [0.1, 0.15) is 11.7 Å². The summed E-state index contributed by atoms with van der Waals surface area (Å²) in [6, 6.07) is 10.9. The fourth-order valence-electron chi connectivity index (χ4n) is 4.10. The first-order valence-corrected chi connectivity index (χ1v) is 11.4. The van der Waals surface area contributed by atoms with E-state index in [-0.39, 0.29) is 6.54 Å². The molecule has 0 unspecified atom stereocenters. The molecule has 1 fully saturated rings. The summed E-state index contributed by atoms with van der Waals surface area (Å²) in [7, 11) is 0. The van der Waals surface area contributed by atoms with Gasteiger partial charge in [-0.3, -0.25) is 0 Å². The number of fused-ring (bicyclic) bond motifs is 1. The summed E-state index contributed by atoms with van der Waals surface area (Å²) in [5, 5.41) is 4.23. The third-order valence-electron chi connectivity index (χ3n) is 5.81. The van der Waals surface area contributed by atoms with Crippen LogP contribution in [0.25, 0.3) is 10.9 Å². The zero-order valence-electron chi connectivity index (χ0n) is 18.1. The highest BCUT2D eigenvalue weighted by Crippen LogP contribution is 2.28. The Morgan fingerprint density at radius 3 is 2.70 bits per heavy atom. The summed E-state index contributed by atoms with van der Waals surface area (Å²) in [5.41, 5.74) is 2.76. The van der Waals surface area contributed by atoms with Gasteiger partial charge in [0, 0.05) is 24.1 Å². The number of nitrogens with one attached hydrogen (secondary N) is 1. The molecule has 2 aromatic heterocycles. The van der Waals surface area contributed by atoms with Gasteiger partial charge < -0.3 is 14.6 Å². The van der Waals surface area contributed by atoms with E-state index in [9.17, 15) is 13.2 Å². The normalized spacial score (nSPS) is 14.8. The molecule has 1 aromatic carbocycles. The van der Waals surface area contributed by atoms with Gasteiger partial charge in [0.2, 0.25) is 0 Å². The monoisotopic (exact) mass is 475 g/mol. The largest absolute Gasteiger partial charge is 0.406 e. The van der Waals surface area contributed by atoms with Crippen molar-refractivity contribution in [1.82, 2.24) is 9.55 Å². The Morgan fingerprint density at radius 2 is 1.97 bits per heavy atom. The highest BCUT2D eigenvalue weighted by atomic mass is 35.5. The number of pyridine rings is 1. The molecule has 0 amide bonds. The summed E-state index contributed by atoms with van der Waals surface area (Å²) in [6.45, 7) is 0.828. The molecule has 1 saturated heterocycles. The number of hydrogen-bond donors (Lipinski definition) is 1. The van der Waals surface area contributed by atoms with Gasteiger partial charge in [-0.15, -0.1) is 0 Å². The number of alkyl halides is 3. The lowest BCUT2D eigenvalue weighted by molar-refractivity contribution is -0.140. The van der Waals surface area contributed by atoms with Crippen LogP contribution in [-0.4, -0.2) is 35.5 Å². The maximum absolute atomic E-state index is 13.3. The van der Waals surface area contributed by atoms with Crippen molar-refractivity contribution in [1.29, 1.82) is 0 Å². The van der Waals surface area contributed by atoms with E-state index in [0.29, 0.717) is 22.3 Å². The molecule has 0 saturated carbocycles. The van der Waals surface area contributed by atoms with Crippen LogP contribution in [-0.2, 0) is 17.7 Å². The molecule has 4 rings (SSSR count). The molecule has 174 valence electrons. The van der Waals surface area contributed by atoms with Crippen LogP contribution < -0.4 is 5.32 Å². The number of aromatic nitrogens is 2. The number of rotatable bonds is 6. The van der Waals surface area contributed by atoms with Crippen molar-refractivity contribution < 1.29 is 17.9 Å². The standard InChI is InChI=1S/C25H25ClF3N3O/c26-24-8-6-21(16-31-24)30-11-1-2-22-15-20-14-19(4-3-18-9-12-33-13-10-18)5-7-23(20)32(22)17-25(27,28)29/h5-8,14-16,18,30H,3-4,9-13,17H2. The van der Waals surface area contributed by atoms with Gasteiger partial charge in [0.15, 0.2) is 0 Å². The minimum Gasteiger partial charge on any atom is -0.381 e. The second kappa shape index (κ2) is 10.5. The van der Waals surface area contributed by atoms with Crippen LogP contribution in [0.2, 0.25) is 5.15 Å². The number of ether oxygens (including phenoxy) is 1. The Kier molecular flexibility index (Phi) is 7.46. The number of benzene rings is 1. The Hall–Kier alpha value is -2.69. The van der Waals surface area contributed by atoms with Crippen LogP contribution in [0.4, 0.5) is 18.9 Å². The number of hydrogen-bond acceptors (Lipinski definition) is 3. The zero-order valence-corrected chi connectivity index (χ0v) is 18.8. The highest BCUT2D eigenvalue weighted by Gasteiger charge is 2.29. The minimum absolute atomic E-state index is 0.271. The Balaban J connectivity index is 1.51. The Bertz CT molecular complexity index is 1140. The predicted octanol–water partition coefficient (Wildman–Crippen LogP) is 6.07. The van der Waals surface area contributed by atoms with Crippen molar-refractivity contribution in [2.75, 3.05) is 25.1 Å². The van der Waals surface area contributed by atoms with Crippen LogP contribution >= 0.6 is 11.6 Å². The van der Waals surface area contributed by atoms with Crippen LogP contribution in [0.5, 0.6) is 0 Å². The summed E-state index contributed by atoms with van der Waals surface area (Å²) >= 11 is 5.77. The van der Waals surface area contributed by atoms with Gasteiger partial charge >= 0.3 is 6.18 Å². The van der Waals surface area contributed by atoms with Gasteiger partial charge in [-0.1, -0.05) is 23.6 Å². The van der Waals surface area contributed by atoms with Crippen LogP contribution in [0.15, 0.2) is 42.6 Å². The average molecular weight is 476 g/mol. The average Bonchev–Trinajstić information content (AvgIpc) is 3.12. The Labute approximate surface area is 196 Å². The number of nitrogens with zero attached hydrogens (tertiary/aromatic N) is 2. The molecule has 0 atom stereocenters. The summed E-state index contributed by atoms with van der Waals surface area (Å²) in [4.78, 5) is 3.97. The highest BCUT2D eigenvalue weighted by molar-refractivity contribution is 6.29. The van der Waals surface area contributed by atoms with Gasteiger partial charge in [-0.05, 0) is 73.4 Å². The van der Waals surface area contributed by atoms with Crippen molar-refractivity contribution in [2.24, 2.45) is 5.92 Å². The SMILES string of the molecule is FC(F)(F)Cn1c(C#CCNc2ccc(Cl)nc2)cc2cc(CCC3CCOCC3)ccc21. The van der Waals surface area contributed by atoms with E-state index in [2.05, 4.69) is 22.1 Å². The van der Waals surface area contributed by atoms with Gasteiger partial charge in [-0.2, -0.15) is 13.2 Å². The molecular formula is C25H25ClF3N3O. The smallest absolute Gasteiger partial charge is 0.381 e. The second-order valence-electron chi connectivity index (χ2n) is 8.24. The molecule has 0 radical (unpaired) electrons. The quantitative estimate of drug-likeness (QED) is 0.347. The van der Waals surface area contributed by atoms with E-state index in [4.69, 9.17) is 16.3 Å². The molecule has 3 heterocycles. The second-order valence-corrected chi connectivity index (χ2v) is 8.63. The van der Waals surface area contributed by atoms with E-state index < -0.39 is 12.7 Å². The van der Waals surface area contributed by atoms with Crippen molar-refractivity contribution >= 4 is 28.2 Å². The molecule has 0 aliphatic carbocycles. The minimum atomic E-state index is -4.34. The molecule has 0 spiro atoms. The van der Waals surface area contributed by atoms with E-state index in [1.165, 1.54) is 4.57 Å². The summed E-state index contributed by atoms with van der Waals surface area (Å²) in [6.07, 6.45) is 1.36. The molecule has 1 N–H and O–H groups in total. The number of halogens is 4. The summed E-state index contributed by atoms with van der Waals surface area (Å²) < 4.78 is 46.5. The Morgan fingerprint density at radius 1 is 1.15 bits per heavy atom. The summed E-state index contributed by atoms with van der Waals surface area (Å²) in [5.74, 6) is 6.46. The predicted molar refractivity (Wildman–Crippen MR) is 124 cm³/mol. The molecule has 1 aliphatic rings. The lowest BCUT2D eigenvalue weighted by Crippen LogP contribution is -2.18. The van der Waals surface area contributed by atoms with Crippen LogP contribution in [0.1, 0.15) is 30.5 Å². The molecule has 33 heavy (non-hydrogen) atoms. The third kappa shape index (κ3) is 6.66. The maximum Gasteiger partial charge on any atom is 0.406 e. The van der Waals surface area contributed by atoms with Crippen LogP contribution in [0, 0.1) is 17.8 Å². The fourth-order valence-corrected chi connectivity index (χ4v) is 4.21. The molecule has 8 heteroatoms. The first kappa shape index (κ1) is 23.5. The van der Waals surface area contributed by atoms with E-state index in [1.807, 2.05) is 12.1 Å². The van der Waals surface area contributed by atoms with E-state index >= 15 is 0 Å². The fraction of sp³-hybridized carbons (Fsp3) is 0.400. The first-order chi connectivity index (χ1) is 15.9. The third-order valence-corrected chi connectivity index (χ3v) is 6.03. The topological polar surface area (TPSA) is 39.1 Å². The first-order valence-electron chi connectivity index (χ1n) is 11.0. The van der Waals surface area contributed by atoms with Gasteiger partial charge in [0.05, 0.1) is 24.1 Å². The van der Waals surface area contributed by atoms with Crippen LogP contribution in [0.3, 0.4) is 0 Å². The number of aryl methyl sites for hydroxylation is 1. The van der Waals surface area contributed by atoms with E-state index in [1.54, 1.807) is 30.5 Å². The lowest BCUT2D eigenvalue weighted by atomic mass is 9.92. The van der Waals surface area contributed by atoms with Crippen molar-refractivity contribution in [3.05, 3.63) is 59.0 Å². The van der Waals surface area contributed by atoms with Gasteiger partial charge in [0.25, 0.3) is 0 Å². The molecular weight excluding hydrogens is 451 g/mol. The zero-order chi connectivity index (χ0) is 23.3. The number of anilines is 1. The van der Waals surface area contributed by atoms with Crippen molar-refractivity contribution in [3.8, 4) is 11.8 Å². The maximum atomic E-state index is 13.3. The molecule has 0 bridgehead atoms. The van der Waals surface area contributed by atoms with E-state index in [0.717, 1.165) is 55.5 Å². The molecule has 4 nitrogen and oxygen atoms in total. The lowest BCUT2D eigenvalue weighted by Gasteiger charge is -2.21. The molecule has 3 aromatic rings. The van der Waals surface area contributed by atoms with Gasteiger partial charge in [-0.25, -0.2) is 4.98 Å².